The highest BCUT2D eigenvalue weighted by Gasteiger charge is 2.36. The lowest BCUT2D eigenvalue weighted by Gasteiger charge is -2.40. The van der Waals surface area contributed by atoms with E-state index in [1.54, 1.807) is 0 Å². The summed E-state index contributed by atoms with van der Waals surface area (Å²) in [6.07, 6.45) is 4.00. The molecule has 2 N–H and O–H groups in total. The van der Waals surface area contributed by atoms with Crippen LogP contribution >= 0.6 is 0 Å². The summed E-state index contributed by atoms with van der Waals surface area (Å²) in [5, 5.41) is 13.8. The summed E-state index contributed by atoms with van der Waals surface area (Å²) in [6, 6.07) is 9.82. The quantitative estimate of drug-likeness (QED) is 0.785. The molecule has 0 aliphatic heterocycles. The first-order chi connectivity index (χ1) is 9.49. The van der Waals surface area contributed by atoms with Crippen LogP contribution in [-0.2, 0) is 0 Å². The summed E-state index contributed by atoms with van der Waals surface area (Å²) < 4.78 is 5.62. The smallest absolute Gasteiger partial charge is 0.119 e. The first-order valence-electron chi connectivity index (χ1n) is 7.60. The van der Waals surface area contributed by atoms with Crippen molar-refractivity contribution >= 4 is 0 Å². The second-order valence-electron chi connectivity index (χ2n) is 6.73. The maximum atomic E-state index is 10.5. The third-order valence-electron chi connectivity index (χ3n) is 4.28. The van der Waals surface area contributed by atoms with Crippen molar-refractivity contribution in [1.29, 1.82) is 0 Å². The van der Waals surface area contributed by atoms with Gasteiger partial charge in [0.15, 0.2) is 0 Å². The largest absolute Gasteiger partial charge is 0.492 e. The van der Waals surface area contributed by atoms with Crippen LogP contribution in [0.3, 0.4) is 0 Å². The normalized spacial score (nSPS) is 20.6. The van der Waals surface area contributed by atoms with E-state index in [0.29, 0.717) is 18.6 Å². The van der Waals surface area contributed by atoms with Crippen molar-refractivity contribution in [2.75, 3.05) is 19.7 Å². The van der Waals surface area contributed by atoms with Gasteiger partial charge in [-0.1, -0.05) is 32.0 Å². The van der Waals surface area contributed by atoms with Gasteiger partial charge in [-0.2, -0.15) is 0 Å². The molecule has 3 heteroatoms. The van der Waals surface area contributed by atoms with Crippen molar-refractivity contribution in [3.05, 3.63) is 30.3 Å². The first-order valence-corrected chi connectivity index (χ1v) is 7.60. The van der Waals surface area contributed by atoms with Crippen molar-refractivity contribution in [3.8, 4) is 5.75 Å². The molecule has 0 spiro atoms. The zero-order chi connectivity index (χ0) is 14.5. The fraction of sp³-hybridized carbons (Fsp3) is 0.647. The Labute approximate surface area is 122 Å². The van der Waals surface area contributed by atoms with Gasteiger partial charge < -0.3 is 15.2 Å². The predicted molar refractivity (Wildman–Crippen MR) is 82.0 cm³/mol. The minimum atomic E-state index is -0.526. The number of ether oxygens (including phenoxy) is 1. The van der Waals surface area contributed by atoms with Gasteiger partial charge in [-0.05, 0) is 43.2 Å². The maximum absolute atomic E-state index is 10.5. The summed E-state index contributed by atoms with van der Waals surface area (Å²) in [4.78, 5) is 0. The van der Waals surface area contributed by atoms with Gasteiger partial charge in [-0.25, -0.2) is 0 Å². The Hall–Kier alpha value is -1.06. The van der Waals surface area contributed by atoms with Crippen molar-refractivity contribution in [2.24, 2.45) is 5.41 Å². The lowest BCUT2D eigenvalue weighted by Crippen LogP contribution is -2.45. The van der Waals surface area contributed by atoms with Gasteiger partial charge in [0.2, 0.25) is 0 Å². The molecule has 0 saturated heterocycles. The molecule has 0 unspecified atom stereocenters. The van der Waals surface area contributed by atoms with Gasteiger partial charge in [0.1, 0.15) is 12.4 Å². The molecular weight excluding hydrogens is 250 g/mol. The number of nitrogens with one attached hydrogen (secondary N) is 1. The molecule has 0 amide bonds. The molecule has 0 aromatic heterocycles. The van der Waals surface area contributed by atoms with Crippen LogP contribution in [0.2, 0.25) is 0 Å². The number of rotatable bonds is 6. The molecule has 3 nitrogen and oxygen atoms in total. The Morgan fingerprint density at radius 2 is 1.75 bits per heavy atom. The van der Waals surface area contributed by atoms with Crippen LogP contribution in [0.25, 0.3) is 0 Å². The Kier molecular flexibility index (Phi) is 5.06. The van der Waals surface area contributed by atoms with Crippen LogP contribution in [0.4, 0.5) is 0 Å². The average Bonchev–Trinajstić information content (AvgIpc) is 2.44. The third-order valence-corrected chi connectivity index (χ3v) is 4.28. The molecule has 0 heterocycles. The standard InChI is InChI=1S/C17H27NO2/c1-16(2)8-10-17(19,11-9-16)14-18-12-13-20-15-6-4-3-5-7-15/h3-7,18-19H,8-14H2,1-2H3. The fourth-order valence-corrected chi connectivity index (χ4v) is 2.65. The number of hydrogen-bond acceptors (Lipinski definition) is 3. The second kappa shape index (κ2) is 6.59. The van der Waals surface area contributed by atoms with Crippen LogP contribution in [0.1, 0.15) is 39.5 Å². The SMILES string of the molecule is CC1(C)CCC(O)(CNCCOc2ccccc2)CC1. The molecule has 1 aromatic carbocycles. The molecule has 0 atom stereocenters. The molecule has 1 aliphatic rings. The van der Waals surface area contributed by atoms with Gasteiger partial charge in [-0.15, -0.1) is 0 Å². The van der Waals surface area contributed by atoms with E-state index < -0.39 is 5.60 Å². The van der Waals surface area contributed by atoms with Gasteiger partial charge in [0.05, 0.1) is 5.60 Å². The minimum absolute atomic E-state index is 0.392. The van der Waals surface area contributed by atoms with Crippen LogP contribution in [0.15, 0.2) is 30.3 Å². The molecule has 1 aliphatic carbocycles. The second-order valence-corrected chi connectivity index (χ2v) is 6.73. The van der Waals surface area contributed by atoms with E-state index in [2.05, 4.69) is 19.2 Å². The molecule has 0 bridgehead atoms. The topological polar surface area (TPSA) is 41.5 Å². The van der Waals surface area contributed by atoms with E-state index in [-0.39, 0.29) is 0 Å². The average molecular weight is 277 g/mol. The van der Waals surface area contributed by atoms with Gasteiger partial charge in [-0.3, -0.25) is 0 Å². The highest BCUT2D eigenvalue weighted by Crippen LogP contribution is 2.39. The molecule has 112 valence electrons. The lowest BCUT2D eigenvalue weighted by atomic mass is 9.71. The Bertz CT molecular complexity index is 393. The highest BCUT2D eigenvalue weighted by atomic mass is 16.5. The van der Waals surface area contributed by atoms with E-state index in [4.69, 9.17) is 4.74 Å². The maximum Gasteiger partial charge on any atom is 0.119 e. The van der Waals surface area contributed by atoms with E-state index >= 15 is 0 Å². The summed E-state index contributed by atoms with van der Waals surface area (Å²) in [5.74, 6) is 0.896. The van der Waals surface area contributed by atoms with Crippen LogP contribution < -0.4 is 10.1 Å². The Balaban J connectivity index is 1.61. The fourth-order valence-electron chi connectivity index (χ4n) is 2.65. The van der Waals surface area contributed by atoms with E-state index in [1.807, 2.05) is 30.3 Å². The lowest BCUT2D eigenvalue weighted by molar-refractivity contribution is -0.0245. The summed E-state index contributed by atoms with van der Waals surface area (Å²) in [6.45, 7) is 6.63. The number of aliphatic hydroxyl groups is 1. The summed E-state index contributed by atoms with van der Waals surface area (Å²) in [5.41, 5.74) is -0.134. The Morgan fingerprint density at radius 3 is 2.40 bits per heavy atom. The molecule has 2 rings (SSSR count). The Morgan fingerprint density at radius 1 is 1.10 bits per heavy atom. The molecule has 1 saturated carbocycles. The molecular formula is C17H27NO2. The zero-order valence-electron chi connectivity index (χ0n) is 12.7. The predicted octanol–water partition coefficient (Wildman–Crippen LogP) is 2.99. The van der Waals surface area contributed by atoms with Crippen molar-refractivity contribution in [2.45, 2.75) is 45.1 Å². The van der Waals surface area contributed by atoms with Crippen molar-refractivity contribution in [1.82, 2.24) is 5.32 Å². The van der Waals surface area contributed by atoms with Gasteiger partial charge in [0, 0.05) is 13.1 Å². The molecule has 0 radical (unpaired) electrons. The van der Waals surface area contributed by atoms with Crippen LogP contribution in [-0.4, -0.2) is 30.4 Å². The molecule has 1 aromatic rings. The number of hydrogen-bond donors (Lipinski definition) is 2. The van der Waals surface area contributed by atoms with Gasteiger partial charge in [0.25, 0.3) is 0 Å². The minimum Gasteiger partial charge on any atom is -0.492 e. The zero-order valence-corrected chi connectivity index (χ0v) is 12.7. The highest BCUT2D eigenvalue weighted by molar-refractivity contribution is 5.20. The van der Waals surface area contributed by atoms with Crippen molar-refractivity contribution < 1.29 is 9.84 Å². The molecule has 20 heavy (non-hydrogen) atoms. The molecule has 1 fully saturated rings. The van der Waals surface area contributed by atoms with E-state index in [9.17, 15) is 5.11 Å². The van der Waals surface area contributed by atoms with Crippen molar-refractivity contribution in [3.63, 3.8) is 0 Å². The van der Waals surface area contributed by atoms with Gasteiger partial charge >= 0.3 is 0 Å². The van der Waals surface area contributed by atoms with E-state index in [0.717, 1.165) is 38.0 Å². The van der Waals surface area contributed by atoms with Crippen LogP contribution in [0.5, 0.6) is 5.75 Å². The van der Waals surface area contributed by atoms with E-state index in [1.165, 1.54) is 0 Å². The number of benzene rings is 1. The monoisotopic (exact) mass is 277 g/mol. The van der Waals surface area contributed by atoms with Crippen LogP contribution in [0, 0.1) is 5.41 Å². The number of para-hydroxylation sites is 1. The summed E-state index contributed by atoms with van der Waals surface area (Å²) in [7, 11) is 0. The first kappa shape index (κ1) is 15.3. The summed E-state index contributed by atoms with van der Waals surface area (Å²) >= 11 is 0. The third kappa shape index (κ3) is 4.80.